The number of carbonyl (C=O) groups excluding carboxylic acids is 1. The molecule has 0 bridgehead atoms. The van der Waals surface area contributed by atoms with Crippen LogP contribution in [0.2, 0.25) is 0 Å². The second-order valence-electron chi connectivity index (χ2n) is 8.08. The standard InChI is InChI=1S/C21H29ClN4O/c1-25-20(19(22)12-24-25)15-7-8-18-16(10-15)13-26(21(18)27)17(11-23)9-14-5-3-2-4-6-14/h7-8,10,14,17,24H,2-6,9,11-13,23H2,1H3/t17-/m0/s1. The van der Waals surface area contributed by atoms with Crippen molar-refractivity contribution < 1.29 is 4.79 Å². The first kappa shape index (κ1) is 18.8. The van der Waals surface area contributed by atoms with Gasteiger partial charge >= 0.3 is 0 Å². The maximum Gasteiger partial charge on any atom is 0.254 e. The van der Waals surface area contributed by atoms with Crippen molar-refractivity contribution in [2.24, 2.45) is 11.7 Å². The van der Waals surface area contributed by atoms with E-state index in [-0.39, 0.29) is 11.9 Å². The van der Waals surface area contributed by atoms with Crippen molar-refractivity contribution in [2.75, 3.05) is 20.1 Å². The molecule has 0 spiro atoms. The lowest BCUT2D eigenvalue weighted by Gasteiger charge is -2.31. The van der Waals surface area contributed by atoms with E-state index in [1.807, 2.05) is 29.1 Å². The molecule has 1 aromatic carbocycles. The van der Waals surface area contributed by atoms with Crippen molar-refractivity contribution in [3.8, 4) is 0 Å². The van der Waals surface area contributed by atoms with Gasteiger partial charge in [0.1, 0.15) is 0 Å². The van der Waals surface area contributed by atoms with Gasteiger partial charge in [0.2, 0.25) is 0 Å². The van der Waals surface area contributed by atoms with Crippen LogP contribution in [0.1, 0.15) is 60.0 Å². The average molecular weight is 389 g/mol. The van der Waals surface area contributed by atoms with Gasteiger partial charge in [-0.15, -0.1) is 0 Å². The van der Waals surface area contributed by atoms with E-state index in [0.717, 1.165) is 33.8 Å². The molecule has 0 radical (unpaired) electrons. The molecule has 0 saturated heterocycles. The number of nitrogens with zero attached hydrogens (tertiary/aromatic N) is 2. The number of nitrogens with two attached hydrogens (primary N) is 1. The van der Waals surface area contributed by atoms with E-state index in [4.69, 9.17) is 17.3 Å². The highest BCUT2D eigenvalue weighted by Crippen LogP contribution is 2.34. The molecule has 1 aromatic rings. The molecule has 6 heteroatoms. The van der Waals surface area contributed by atoms with Gasteiger partial charge in [-0.2, -0.15) is 0 Å². The van der Waals surface area contributed by atoms with Crippen LogP contribution in [-0.4, -0.2) is 42.0 Å². The lowest BCUT2D eigenvalue weighted by Crippen LogP contribution is -2.42. The molecule has 0 aromatic heterocycles. The molecule has 1 atom stereocenters. The van der Waals surface area contributed by atoms with E-state index in [1.165, 1.54) is 32.1 Å². The first-order chi connectivity index (χ1) is 13.1. The van der Waals surface area contributed by atoms with Gasteiger partial charge in [0.25, 0.3) is 5.91 Å². The molecule has 1 aliphatic carbocycles. The smallest absolute Gasteiger partial charge is 0.254 e. The molecular formula is C21H29ClN4O. The van der Waals surface area contributed by atoms with E-state index in [1.54, 1.807) is 0 Å². The number of carbonyl (C=O) groups is 1. The van der Waals surface area contributed by atoms with Crippen LogP contribution in [0.4, 0.5) is 0 Å². The van der Waals surface area contributed by atoms with Crippen LogP contribution in [0.15, 0.2) is 23.2 Å². The minimum absolute atomic E-state index is 0.126. The first-order valence-corrected chi connectivity index (χ1v) is 10.5. The zero-order valence-electron chi connectivity index (χ0n) is 16.0. The molecule has 1 amide bonds. The summed E-state index contributed by atoms with van der Waals surface area (Å²) in [4.78, 5) is 15.0. The van der Waals surface area contributed by atoms with Crippen LogP contribution < -0.4 is 11.2 Å². The summed E-state index contributed by atoms with van der Waals surface area (Å²) in [5, 5.41) is 2.75. The Morgan fingerprint density at radius 2 is 2.07 bits per heavy atom. The number of nitrogens with one attached hydrogen (secondary N) is 1. The molecule has 2 aliphatic heterocycles. The van der Waals surface area contributed by atoms with Crippen LogP contribution in [-0.2, 0) is 6.54 Å². The normalized spacial score (nSPS) is 22.0. The van der Waals surface area contributed by atoms with Gasteiger partial charge in [-0.05, 0) is 30.0 Å². The van der Waals surface area contributed by atoms with Crippen molar-refractivity contribution in [3.05, 3.63) is 39.9 Å². The largest absolute Gasteiger partial charge is 0.330 e. The summed E-state index contributed by atoms with van der Waals surface area (Å²) in [6.45, 7) is 1.83. The molecule has 1 saturated carbocycles. The van der Waals surface area contributed by atoms with Gasteiger partial charge < -0.3 is 15.6 Å². The zero-order chi connectivity index (χ0) is 19.0. The molecule has 3 aliphatic rings. The Kier molecular flexibility index (Phi) is 5.44. The van der Waals surface area contributed by atoms with Crippen LogP contribution in [0.3, 0.4) is 0 Å². The summed E-state index contributed by atoms with van der Waals surface area (Å²) in [7, 11) is 1.96. The molecule has 4 rings (SSSR count). The van der Waals surface area contributed by atoms with Gasteiger partial charge in [0.15, 0.2) is 0 Å². The van der Waals surface area contributed by atoms with Gasteiger partial charge in [-0.3, -0.25) is 4.79 Å². The first-order valence-electron chi connectivity index (χ1n) is 10.1. The van der Waals surface area contributed by atoms with Crippen LogP contribution in [0, 0.1) is 5.92 Å². The molecule has 146 valence electrons. The van der Waals surface area contributed by atoms with Crippen LogP contribution in [0.5, 0.6) is 0 Å². The van der Waals surface area contributed by atoms with E-state index in [0.29, 0.717) is 25.6 Å². The Labute approximate surface area is 166 Å². The summed E-state index contributed by atoms with van der Waals surface area (Å²) >= 11 is 6.38. The quantitative estimate of drug-likeness (QED) is 0.812. The fourth-order valence-corrected chi connectivity index (χ4v) is 5.12. The third-order valence-corrected chi connectivity index (χ3v) is 6.63. The number of hydrogen-bond donors (Lipinski definition) is 2. The summed E-state index contributed by atoms with van der Waals surface area (Å²) in [6.07, 6.45) is 7.58. The highest BCUT2D eigenvalue weighted by Gasteiger charge is 2.34. The van der Waals surface area contributed by atoms with Gasteiger partial charge in [0, 0.05) is 37.3 Å². The van der Waals surface area contributed by atoms with Crippen molar-refractivity contribution in [1.29, 1.82) is 0 Å². The van der Waals surface area contributed by atoms with Crippen molar-refractivity contribution in [1.82, 2.24) is 15.3 Å². The Bertz CT molecular complexity index is 757. The van der Waals surface area contributed by atoms with Crippen molar-refractivity contribution in [2.45, 2.75) is 51.1 Å². The van der Waals surface area contributed by atoms with Gasteiger partial charge in [0.05, 0.1) is 17.3 Å². The van der Waals surface area contributed by atoms with Crippen LogP contribution >= 0.6 is 11.6 Å². The molecule has 2 heterocycles. The fraction of sp³-hybridized carbons (Fsp3) is 0.571. The van der Waals surface area contributed by atoms with Crippen molar-refractivity contribution in [3.63, 3.8) is 0 Å². The van der Waals surface area contributed by atoms with Gasteiger partial charge in [-0.1, -0.05) is 49.8 Å². The molecule has 5 nitrogen and oxygen atoms in total. The third kappa shape index (κ3) is 3.60. The highest BCUT2D eigenvalue weighted by molar-refractivity contribution is 6.33. The van der Waals surface area contributed by atoms with E-state index in [9.17, 15) is 4.79 Å². The third-order valence-electron chi connectivity index (χ3n) is 6.32. The Morgan fingerprint density at radius 3 is 2.74 bits per heavy atom. The van der Waals surface area contributed by atoms with Gasteiger partial charge in [-0.25, -0.2) is 5.43 Å². The minimum atomic E-state index is 0.126. The SMILES string of the molecule is CN1NCC(Cl)=C1c1ccc2c(c1)CN([C@H](CN)CC1CCCCC1)C2=O. The number of benzene rings is 1. The monoisotopic (exact) mass is 388 g/mol. The molecule has 0 unspecified atom stereocenters. The summed E-state index contributed by atoms with van der Waals surface area (Å²) in [5.41, 5.74) is 13.2. The average Bonchev–Trinajstić information content (AvgIpc) is 3.19. The van der Waals surface area contributed by atoms with Crippen LogP contribution in [0.25, 0.3) is 5.70 Å². The Hall–Kier alpha value is -1.56. The Morgan fingerprint density at radius 1 is 1.30 bits per heavy atom. The lowest BCUT2D eigenvalue weighted by molar-refractivity contribution is 0.0674. The summed E-state index contributed by atoms with van der Waals surface area (Å²) in [6, 6.07) is 6.20. The number of rotatable bonds is 5. The maximum absolute atomic E-state index is 13.0. The number of amides is 1. The molecule has 3 N–H and O–H groups in total. The number of fused-ring (bicyclic) bond motifs is 1. The van der Waals surface area contributed by atoms with E-state index >= 15 is 0 Å². The molecular weight excluding hydrogens is 360 g/mol. The highest BCUT2D eigenvalue weighted by atomic mass is 35.5. The minimum Gasteiger partial charge on any atom is -0.330 e. The predicted molar refractivity (Wildman–Crippen MR) is 109 cm³/mol. The zero-order valence-corrected chi connectivity index (χ0v) is 16.8. The lowest BCUT2D eigenvalue weighted by atomic mass is 9.84. The predicted octanol–water partition coefficient (Wildman–Crippen LogP) is 3.30. The second kappa shape index (κ2) is 7.82. The summed E-state index contributed by atoms with van der Waals surface area (Å²) < 4.78 is 0. The second-order valence-corrected chi connectivity index (χ2v) is 8.54. The number of hydrogen-bond acceptors (Lipinski definition) is 4. The summed E-state index contributed by atoms with van der Waals surface area (Å²) in [5.74, 6) is 0.835. The fourth-order valence-electron chi connectivity index (χ4n) is 4.83. The number of halogens is 1. The topological polar surface area (TPSA) is 61.6 Å². The van der Waals surface area contributed by atoms with E-state index < -0.39 is 0 Å². The Balaban J connectivity index is 1.53. The maximum atomic E-state index is 13.0. The van der Waals surface area contributed by atoms with Crippen molar-refractivity contribution >= 4 is 23.2 Å². The molecule has 27 heavy (non-hydrogen) atoms. The van der Waals surface area contributed by atoms with E-state index in [2.05, 4.69) is 11.5 Å². The number of hydrazine groups is 1. The molecule has 1 fully saturated rings.